The Morgan fingerprint density at radius 2 is 1.07 bits per heavy atom. The number of aromatic carboxylic acids is 2. The number of likely N-dealkylation sites (tertiary alicyclic amines) is 2. The lowest BCUT2D eigenvalue weighted by atomic mass is 9.66. The standard InChI is InChI=1S/C31H40N2O5.2ClH/c34-29(35)23-9-11-27-25(21-23)31(13-7-19-32-15-3-1-4-16-32,14-8-20-33-17-5-2-6-18-33)26-22-24(30(36)37)10-12-28(26)38-27;;/h9-12,21-22H,1-8,13-20H2,(H,34,35)(H,36,37);2*1H. The van der Waals surface area contributed by atoms with Crippen molar-refractivity contribution < 1.29 is 24.5 Å². The number of carbonyl (C=O) groups is 2. The molecule has 9 heteroatoms. The van der Waals surface area contributed by atoms with Crippen LogP contribution in [0.5, 0.6) is 11.5 Å². The van der Waals surface area contributed by atoms with E-state index in [1.54, 1.807) is 36.4 Å². The molecule has 3 heterocycles. The second kappa shape index (κ2) is 14.5. The van der Waals surface area contributed by atoms with Crippen LogP contribution in [-0.2, 0) is 5.41 Å². The molecule has 2 N–H and O–H groups in total. The van der Waals surface area contributed by atoms with E-state index in [4.69, 9.17) is 4.74 Å². The van der Waals surface area contributed by atoms with Gasteiger partial charge in [0.2, 0.25) is 0 Å². The zero-order chi connectivity index (χ0) is 26.5. The average Bonchev–Trinajstić information content (AvgIpc) is 2.93. The molecule has 0 radical (unpaired) electrons. The van der Waals surface area contributed by atoms with E-state index in [2.05, 4.69) is 9.80 Å². The third-order valence-electron chi connectivity index (χ3n) is 8.76. The minimum atomic E-state index is -0.964. The Morgan fingerprint density at radius 1 is 0.675 bits per heavy atom. The van der Waals surface area contributed by atoms with Crippen LogP contribution in [0.2, 0.25) is 0 Å². The molecule has 0 atom stereocenters. The van der Waals surface area contributed by atoms with Crippen LogP contribution in [-0.4, -0.2) is 71.2 Å². The van der Waals surface area contributed by atoms with Gasteiger partial charge in [-0.25, -0.2) is 9.59 Å². The van der Waals surface area contributed by atoms with Gasteiger partial charge in [0.25, 0.3) is 0 Å². The van der Waals surface area contributed by atoms with E-state index in [-0.39, 0.29) is 35.9 Å². The third-order valence-corrected chi connectivity index (χ3v) is 8.76. The molecule has 0 saturated carbocycles. The number of fused-ring (bicyclic) bond motifs is 2. The van der Waals surface area contributed by atoms with Crippen LogP contribution in [0.1, 0.15) is 96.1 Å². The maximum atomic E-state index is 12.0. The molecule has 5 rings (SSSR count). The summed E-state index contributed by atoms with van der Waals surface area (Å²) >= 11 is 0. The molecule has 0 aromatic heterocycles. The van der Waals surface area contributed by atoms with Gasteiger partial charge in [0.15, 0.2) is 0 Å². The molecule has 2 aromatic carbocycles. The second-order valence-electron chi connectivity index (χ2n) is 11.2. The van der Waals surface area contributed by atoms with E-state index in [9.17, 15) is 19.8 Å². The van der Waals surface area contributed by atoms with Gasteiger partial charge in [-0.3, -0.25) is 0 Å². The number of benzene rings is 2. The van der Waals surface area contributed by atoms with Crippen molar-refractivity contribution in [1.82, 2.24) is 9.80 Å². The smallest absolute Gasteiger partial charge is 0.335 e. The van der Waals surface area contributed by atoms with Crippen LogP contribution >= 0.6 is 24.8 Å². The summed E-state index contributed by atoms with van der Waals surface area (Å²) in [5.41, 5.74) is 1.73. The molecule has 0 amide bonds. The molecule has 0 unspecified atom stereocenters. The highest BCUT2D eigenvalue weighted by Gasteiger charge is 2.42. The van der Waals surface area contributed by atoms with Crippen LogP contribution in [0.15, 0.2) is 36.4 Å². The fraction of sp³-hybridized carbons (Fsp3) is 0.548. The normalized spacial score (nSPS) is 18.3. The first-order valence-corrected chi connectivity index (χ1v) is 14.3. The van der Waals surface area contributed by atoms with Crippen molar-refractivity contribution in [2.45, 2.75) is 69.6 Å². The van der Waals surface area contributed by atoms with Crippen LogP contribution in [0, 0.1) is 0 Å². The summed E-state index contributed by atoms with van der Waals surface area (Å²) < 4.78 is 6.29. The zero-order valence-corrected chi connectivity index (χ0v) is 24.7. The lowest BCUT2D eigenvalue weighted by molar-refractivity contribution is 0.0686. The Balaban J connectivity index is 0.00000220. The van der Waals surface area contributed by atoms with Crippen molar-refractivity contribution in [2.24, 2.45) is 0 Å². The third kappa shape index (κ3) is 7.11. The lowest BCUT2D eigenvalue weighted by Gasteiger charge is -2.42. The van der Waals surface area contributed by atoms with E-state index >= 15 is 0 Å². The number of hydrogen-bond acceptors (Lipinski definition) is 5. The Labute approximate surface area is 249 Å². The van der Waals surface area contributed by atoms with Crippen molar-refractivity contribution >= 4 is 36.8 Å². The highest BCUT2D eigenvalue weighted by atomic mass is 35.5. The SMILES string of the molecule is Cl.Cl.O=C(O)c1ccc2c(c1)C(CCCN1CCCCC1)(CCCN1CCCCC1)c1cc(C(=O)O)ccc1O2. The van der Waals surface area contributed by atoms with E-state index in [1.165, 1.54) is 38.5 Å². The van der Waals surface area contributed by atoms with Crippen LogP contribution in [0.3, 0.4) is 0 Å². The fourth-order valence-corrected chi connectivity index (χ4v) is 6.75. The highest BCUT2D eigenvalue weighted by molar-refractivity contribution is 5.89. The summed E-state index contributed by atoms with van der Waals surface area (Å²) in [4.78, 5) is 29.1. The van der Waals surface area contributed by atoms with Gasteiger partial charge in [0.1, 0.15) is 11.5 Å². The number of carboxylic acid groups (broad SMARTS) is 2. The summed E-state index contributed by atoms with van der Waals surface area (Å²) in [5.74, 6) is -0.565. The molecule has 40 heavy (non-hydrogen) atoms. The Kier molecular flexibility index (Phi) is 11.7. The highest BCUT2D eigenvalue weighted by Crippen LogP contribution is 2.53. The average molecular weight is 594 g/mol. The molecule has 0 bridgehead atoms. The van der Waals surface area contributed by atoms with Gasteiger partial charge in [0.05, 0.1) is 11.1 Å². The first kappa shape index (κ1) is 32.2. The van der Waals surface area contributed by atoms with E-state index in [0.717, 1.165) is 76.1 Å². The number of halogens is 2. The summed E-state index contributed by atoms with van der Waals surface area (Å²) in [5, 5.41) is 19.7. The molecule has 0 aliphatic carbocycles. The minimum Gasteiger partial charge on any atom is -0.478 e. The molecule has 220 valence electrons. The molecular weight excluding hydrogens is 551 g/mol. The van der Waals surface area contributed by atoms with Crippen molar-refractivity contribution in [3.8, 4) is 11.5 Å². The topological polar surface area (TPSA) is 90.3 Å². The molecule has 0 spiro atoms. The summed E-state index contributed by atoms with van der Waals surface area (Å²) in [6.07, 6.45) is 11.1. The second-order valence-corrected chi connectivity index (χ2v) is 11.2. The van der Waals surface area contributed by atoms with Gasteiger partial charge in [-0.1, -0.05) is 12.8 Å². The number of carboxylic acids is 2. The Morgan fingerprint density at radius 3 is 1.45 bits per heavy atom. The monoisotopic (exact) mass is 592 g/mol. The van der Waals surface area contributed by atoms with Gasteiger partial charge in [-0.2, -0.15) is 0 Å². The molecule has 2 fully saturated rings. The quantitative estimate of drug-likeness (QED) is 0.311. The molecule has 3 aliphatic heterocycles. The number of ether oxygens (including phenoxy) is 1. The van der Waals surface area contributed by atoms with Gasteiger partial charge >= 0.3 is 11.9 Å². The Bertz CT molecular complexity index is 1070. The number of hydrogen-bond donors (Lipinski definition) is 2. The van der Waals surface area contributed by atoms with Gasteiger partial charge < -0.3 is 24.7 Å². The number of nitrogens with zero attached hydrogens (tertiary/aromatic N) is 2. The first-order valence-electron chi connectivity index (χ1n) is 14.3. The van der Waals surface area contributed by atoms with Crippen molar-refractivity contribution in [3.05, 3.63) is 58.7 Å². The molecular formula is C31H42Cl2N2O5. The molecule has 7 nitrogen and oxygen atoms in total. The van der Waals surface area contributed by atoms with Gasteiger partial charge in [0, 0.05) is 16.5 Å². The van der Waals surface area contributed by atoms with Crippen molar-refractivity contribution in [3.63, 3.8) is 0 Å². The Hall–Kier alpha value is -2.32. The fourth-order valence-electron chi connectivity index (χ4n) is 6.75. The van der Waals surface area contributed by atoms with E-state index in [1.807, 2.05) is 0 Å². The maximum absolute atomic E-state index is 12.0. The predicted molar refractivity (Wildman–Crippen MR) is 161 cm³/mol. The summed E-state index contributed by atoms with van der Waals surface area (Å²) in [6, 6.07) is 10.3. The van der Waals surface area contributed by atoms with Gasteiger partial charge in [-0.05, 0) is 127 Å². The predicted octanol–water partition coefficient (Wildman–Crippen LogP) is 6.85. The largest absolute Gasteiger partial charge is 0.478 e. The zero-order valence-electron chi connectivity index (χ0n) is 23.1. The molecule has 3 aliphatic rings. The number of rotatable bonds is 10. The summed E-state index contributed by atoms with van der Waals surface area (Å²) in [7, 11) is 0. The van der Waals surface area contributed by atoms with Crippen LogP contribution in [0.4, 0.5) is 0 Å². The molecule has 2 aromatic rings. The lowest BCUT2D eigenvalue weighted by Crippen LogP contribution is -2.37. The van der Waals surface area contributed by atoms with Crippen LogP contribution in [0.25, 0.3) is 0 Å². The van der Waals surface area contributed by atoms with Gasteiger partial charge in [-0.15, -0.1) is 24.8 Å². The van der Waals surface area contributed by atoms with E-state index in [0.29, 0.717) is 11.5 Å². The van der Waals surface area contributed by atoms with Crippen molar-refractivity contribution in [2.75, 3.05) is 39.3 Å². The van der Waals surface area contributed by atoms with Crippen LogP contribution < -0.4 is 4.74 Å². The molecule has 2 saturated heterocycles. The van der Waals surface area contributed by atoms with E-state index < -0.39 is 17.4 Å². The maximum Gasteiger partial charge on any atom is 0.335 e. The first-order chi connectivity index (χ1) is 18.5. The summed E-state index contributed by atoms with van der Waals surface area (Å²) in [6.45, 7) is 6.51. The number of piperidine rings is 2. The minimum absolute atomic E-state index is 0. The van der Waals surface area contributed by atoms with Crippen molar-refractivity contribution in [1.29, 1.82) is 0 Å².